The Morgan fingerprint density at radius 2 is 1.62 bits per heavy atom. The molecule has 3 rings (SSSR count). The van der Waals surface area contributed by atoms with Crippen molar-refractivity contribution < 1.29 is 14.4 Å². The highest BCUT2D eigenvalue weighted by atomic mass is 35.5. The van der Waals surface area contributed by atoms with Crippen LogP contribution < -0.4 is 5.32 Å². The fourth-order valence-electron chi connectivity index (χ4n) is 3.76. The summed E-state index contributed by atoms with van der Waals surface area (Å²) in [6.45, 7) is 6.48. The predicted octanol–water partition coefficient (Wildman–Crippen LogP) is 2.81. The van der Waals surface area contributed by atoms with Crippen molar-refractivity contribution in [1.29, 1.82) is 0 Å². The minimum atomic E-state index is -0.308. The van der Waals surface area contributed by atoms with Crippen molar-refractivity contribution in [2.75, 3.05) is 51.6 Å². The van der Waals surface area contributed by atoms with Crippen molar-refractivity contribution in [3.05, 3.63) is 64.2 Å². The number of halogens is 1. The van der Waals surface area contributed by atoms with E-state index in [1.165, 1.54) is 4.90 Å². The van der Waals surface area contributed by atoms with Crippen LogP contribution in [0.25, 0.3) is 0 Å². The number of likely N-dealkylation sites (N-methyl/N-ethyl adjacent to an activating group) is 1. The summed E-state index contributed by atoms with van der Waals surface area (Å²) < 4.78 is 0. The molecule has 2 aromatic carbocycles. The van der Waals surface area contributed by atoms with Gasteiger partial charge in [0.1, 0.15) is 0 Å². The van der Waals surface area contributed by atoms with E-state index in [0.717, 1.165) is 11.1 Å². The number of benzene rings is 2. The minimum Gasteiger partial charge on any atom is -0.336 e. The summed E-state index contributed by atoms with van der Waals surface area (Å²) in [5.74, 6) is -0.428. The SMILES string of the molecule is Cc1cc(C)cc(C(=O)N2CCN(CC(=O)N(C)CC(=O)Nc3ccccc3Cl)CC2)c1. The van der Waals surface area contributed by atoms with Gasteiger partial charge in [0.25, 0.3) is 5.91 Å². The fraction of sp³-hybridized carbons (Fsp3) is 0.375. The normalized spacial score (nSPS) is 14.2. The quantitative estimate of drug-likeness (QED) is 0.725. The monoisotopic (exact) mass is 456 g/mol. The van der Waals surface area contributed by atoms with E-state index in [0.29, 0.717) is 42.5 Å². The molecule has 0 aromatic heterocycles. The van der Waals surface area contributed by atoms with Gasteiger partial charge in [-0.15, -0.1) is 0 Å². The number of amides is 3. The first-order valence-corrected chi connectivity index (χ1v) is 11.0. The number of carbonyl (C=O) groups is 3. The van der Waals surface area contributed by atoms with Crippen LogP contribution in [0.15, 0.2) is 42.5 Å². The Labute approximate surface area is 193 Å². The topological polar surface area (TPSA) is 73.0 Å². The third-order valence-electron chi connectivity index (χ3n) is 5.44. The van der Waals surface area contributed by atoms with Gasteiger partial charge in [-0.1, -0.05) is 40.9 Å². The second-order valence-corrected chi connectivity index (χ2v) is 8.63. The van der Waals surface area contributed by atoms with E-state index >= 15 is 0 Å². The summed E-state index contributed by atoms with van der Waals surface area (Å²) in [6.07, 6.45) is 0. The highest BCUT2D eigenvalue weighted by molar-refractivity contribution is 6.33. The first-order chi connectivity index (χ1) is 15.2. The molecule has 0 radical (unpaired) electrons. The summed E-state index contributed by atoms with van der Waals surface area (Å²) in [7, 11) is 1.61. The van der Waals surface area contributed by atoms with Gasteiger partial charge in [-0.3, -0.25) is 19.3 Å². The van der Waals surface area contributed by atoms with Gasteiger partial charge in [0.2, 0.25) is 11.8 Å². The van der Waals surface area contributed by atoms with Crippen LogP contribution in [0.4, 0.5) is 5.69 Å². The molecule has 2 aromatic rings. The molecule has 0 bridgehead atoms. The number of hydrogen-bond acceptors (Lipinski definition) is 4. The first kappa shape index (κ1) is 23.8. The Hall–Kier alpha value is -2.90. The average Bonchev–Trinajstić information content (AvgIpc) is 2.74. The summed E-state index contributed by atoms with van der Waals surface area (Å²) >= 11 is 6.05. The number of anilines is 1. The molecule has 8 heteroatoms. The molecule has 0 atom stereocenters. The standard InChI is InChI=1S/C24H29ClN4O3/c1-17-12-18(2)14-19(13-17)24(32)29-10-8-28(9-11-29)16-23(31)27(3)15-22(30)26-21-7-5-4-6-20(21)25/h4-7,12-14H,8-11,15-16H2,1-3H3,(H,26,30). The molecule has 1 heterocycles. The number of rotatable bonds is 6. The van der Waals surface area contributed by atoms with Crippen molar-refractivity contribution in [1.82, 2.24) is 14.7 Å². The Morgan fingerprint density at radius 1 is 1.00 bits per heavy atom. The number of nitrogens with one attached hydrogen (secondary N) is 1. The van der Waals surface area contributed by atoms with E-state index in [4.69, 9.17) is 11.6 Å². The average molecular weight is 457 g/mol. The molecule has 1 saturated heterocycles. The molecule has 32 heavy (non-hydrogen) atoms. The lowest BCUT2D eigenvalue weighted by molar-refractivity contribution is -0.134. The molecule has 0 saturated carbocycles. The Bertz CT molecular complexity index is 982. The zero-order valence-electron chi connectivity index (χ0n) is 18.7. The maximum absolute atomic E-state index is 12.8. The van der Waals surface area contributed by atoms with E-state index in [1.807, 2.05) is 41.8 Å². The lowest BCUT2D eigenvalue weighted by Gasteiger charge is -2.35. The molecule has 0 unspecified atom stereocenters. The number of carbonyl (C=O) groups excluding carboxylic acids is 3. The van der Waals surface area contributed by atoms with Crippen LogP contribution in [0.1, 0.15) is 21.5 Å². The second kappa shape index (κ2) is 10.6. The van der Waals surface area contributed by atoms with Crippen molar-refractivity contribution in [3.63, 3.8) is 0 Å². The van der Waals surface area contributed by atoms with Gasteiger partial charge in [0.05, 0.1) is 23.8 Å². The molecular formula is C24H29ClN4O3. The first-order valence-electron chi connectivity index (χ1n) is 10.6. The lowest BCUT2D eigenvalue weighted by Crippen LogP contribution is -2.51. The van der Waals surface area contributed by atoms with E-state index in [9.17, 15) is 14.4 Å². The molecule has 0 aliphatic carbocycles. The number of piperazine rings is 1. The van der Waals surface area contributed by atoms with Crippen molar-refractivity contribution in [2.24, 2.45) is 0 Å². The zero-order chi connectivity index (χ0) is 23.3. The number of hydrogen-bond donors (Lipinski definition) is 1. The van der Waals surface area contributed by atoms with Crippen LogP contribution in [0, 0.1) is 13.8 Å². The molecule has 7 nitrogen and oxygen atoms in total. The molecule has 0 spiro atoms. The van der Waals surface area contributed by atoms with E-state index in [1.54, 1.807) is 31.3 Å². The molecule has 1 aliphatic heterocycles. The number of aryl methyl sites for hydroxylation is 2. The van der Waals surface area contributed by atoms with Gasteiger partial charge in [-0.2, -0.15) is 0 Å². The largest absolute Gasteiger partial charge is 0.336 e. The van der Waals surface area contributed by atoms with Crippen LogP contribution >= 0.6 is 11.6 Å². The molecule has 1 N–H and O–H groups in total. The van der Waals surface area contributed by atoms with Crippen molar-refractivity contribution >= 4 is 35.0 Å². The molecule has 170 valence electrons. The van der Waals surface area contributed by atoms with Gasteiger partial charge in [0, 0.05) is 38.8 Å². The molecule has 3 amide bonds. The maximum Gasteiger partial charge on any atom is 0.253 e. The Balaban J connectivity index is 1.46. The van der Waals surface area contributed by atoms with Gasteiger partial charge in [0.15, 0.2) is 0 Å². The predicted molar refractivity (Wildman–Crippen MR) is 126 cm³/mol. The van der Waals surface area contributed by atoms with Crippen molar-refractivity contribution in [2.45, 2.75) is 13.8 Å². The van der Waals surface area contributed by atoms with Crippen LogP contribution in [-0.4, -0.2) is 78.7 Å². The van der Waals surface area contributed by atoms with Crippen LogP contribution in [0.5, 0.6) is 0 Å². The summed E-state index contributed by atoms with van der Waals surface area (Å²) in [6, 6.07) is 12.8. The smallest absolute Gasteiger partial charge is 0.253 e. The zero-order valence-corrected chi connectivity index (χ0v) is 19.5. The molecule has 1 aliphatic rings. The van der Waals surface area contributed by atoms with Gasteiger partial charge >= 0.3 is 0 Å². The van der Waals surface area contributed by atoms with Crippen LogP contribution in [0.2, 0.25) is 5.02 Å². The molecular weight excluding hydrogens is 428 g/mol. The summed E-state index contributed by atoms with van der Waals surface area (Å²) in [4.78, 5) is 42.9. The van der Waals surface area contributed by atoms with E-state index in [2.05, 4.69) is 5.32 Å². The molecule has 1 fully saturated rings. The number of para-hydroxylation sites is 1. The third-order valence-corrected chi connectivity index (χ3v) is 5.77. The maximum atomic E-state index is 12.8. The highest BCUT2D eigenvalue weighted by Gasteiger charge is 2.25. The highest BCUT2D eigenvalue weighted by Crippen LogP contribution is 2.20. The minimum absolute atomic E-state index is 0.0242. The van der Waals surface area contributed by atoms with E-state index < -0.39 is 0 Å². The lowest BCUT2D eigenvalue weighted by atomic mass is 10.1. The summed E-state index contributed by atoms with van der Waals surface area (Å²) in [5.41, 5.74) is 3.36. The van der Waals surface area contributed by atoms with Gasteiger partial charge in [-0.25, -0.2) is 0 Å². The summed E-state index contributed by atoms with van der Waals surface area (Å²) in [5, 5.41) is 3.17. The second-order valence-electron chi connectivity index (χ2n) is 8.22. The van der Waals surface area contributed by atoms with Gasteiger partial charge < -0.3 is 15.1 Å². The third kappa shape index (κ3) is 6.31. The van der Waals surface area contributed by atoms with E-state index in [-0.39, 0.29) is 30.8 Å². The fourth-order valence-corrected chi connectivity index (χ4v) is 3.94. The number of nitrogens with zero attached hydrogens (tertiary/aromatic N) is 3. The van der Waals surface area contributed by atoms with Gasteiger partial charge in [-0.05, 0) is 38.1 Å². The van der Waals surface area contributed by atoms with Crippen LogP contribution in [-0.2, 0) is 9.59 Å². The van der Waals surface area contributed by atoms with Crippen LogP contribution in [0.3, 0.4) is 0 Å². The van der Waals surface area contributed by atoms with Crippen molar-refractivity contribution in [3.8, 4) is 0 Å². The Kier molecular flexibility index (Phi) is 7.88. The Morgan fingerprint density at radius 3 is 2.25 bits per heavy atom.